The normalized spacial score (nSPS) is 10.8. The van der Waals surface area contributed by atoms with Crippen LogP contribution < -0.4 is 5.69 Å². The second kappa shape index (κ2) is 4.78. The van der Waals surface area contributed by atoms with Gasteiger partial charge in [-0.1, -0.05) is 6.07 Å². The fourth-order valence-corrected chi connectivity index (χ4v) is 2.53. The molecular weight excluding hydrogens is 371 g/mol. The average Bonchev–Trinajstić information content (AvgIpc) is 2.75. The number of imidazole rings is 1. The molecule has 0 aliphatic carbocycles. The van der Waals surface area contributed by atoms with Gasteiger partial charge in [0.05, 0.1) is 22.3 Å². The van der Waals surface area contributed by atoms with Crippen molar-refractivity contribution in [2.75, 3.05) is 0 Å². The molecule has 5 nitrogen and oxygen atoms in total. The minimum atomic E-state index is -1.06. The van der Waals surface area contributed by atoms with Gasteiger partial charge in [0.2, 0.25) is 0 Å². The van der Waals surface area contributed by atoms with Crippen molar-refractivity contribution in [3.8, 4) is 5.69 Å². The van der Waals surface area contributed by atoms with Gasteiger partial charge in [-0.3, -0.25) is 4.57 Å². The zero-order valence-electron chi connectivity index (χ0n) is 10.1. The second-order valence-corrected chi connectivity index (χ2v) is 5.49. The van der Waals surface area contributed by atoms with Gasteiger partial charge in [0.15, 0.2) is 0 Å². The lowest BCUT2D eigenvalue weighted by atomic mass is 10.2. The fourth-order valence-electron chi connectivity index (χ4n) is 2.17. The molecule has 0 fully saturated rings. The molecule has 2 aromatic carbocycles. The predicted molar refractivity (Wildman–Crippen MR) is 83.6 cm³/mol. The van der Waals surface area contributed by atoms with Crippen molar-refractivity contribution in [2.45, 2.75) is 0 Å². The largest absolute Gasteiger partial charge is 0.478 e. The Kier molecular flexibility index (Phi) is 3.09. The Labute approximate surface area is 127 Å². The van der Waals surface area contributed by atoms with Crippen molar-refractivity contribution in [3.63, 3.8) is 0 Å². The summed E-state index contributed by atoms with van der Waals surface area (Å²) in [5, 5.41) is 9.28. The van der Waals surface area contributed by atoms with Gasteiger partial charge < -0.3 is 10.1 Å². The van der Waals surface area contributed by atoms with Crippen LogP contribution in [0.25, 0.3) is 16.7 Å². The van der Waals surface area contributed by atoms with E-state index in [1.807, 2.05) is 12.1 Å². The van der Waals surface area contributed by atoms with Crippen LogP contribution in [0.1, 0.15) is 10.4 Å². The highest BCUT2D eigenvalue weighted by atomic mass is 127. The Morgan fingerprint density at radius 1 is 1.15 bits per heavy atom. The third kappa shape index (κ3) is 2.01. The Bertz CT molecular complexity index is 862. The molecule has 0 amide bonds. The highest BCUT2D eigenvalue weighted by molar-refractivity contribution is 14.1. The molecule has 0 aliphatic heterocycles. The molecule has 0 saturated heterocycles. The lowest BCUT2D eigenvalue weighted by Crippen LogP contribution is -2.15. The molecular formula is C14H9IN2O3. The van der Waals surface area contributed by atoms with Crippen LogP contribution in [0.2, 0.25) is 0 Å². The lowest BCUT2D eigenvalue weighted by molar-refractivity contribution is 0.0698. The third-order valence-electron chi connectivity index (χ3n) is 3.02. The van der Waals surface area contributed by atoms with Crippen LogP contribution in [0.5, 0.6) is 0 Å². The smallest absolute Gasteiger partial charge is 0.337 e. The van der Waals surface area contributed by atoms with E-state index in [1.54, 1.807) is 24.3 Å². The van der Waals surface area contributed by atoms with Crippen molar-refractivity contribution in [1.29, 1.82) is 0 Å². The number of aromatic amines is 1. The van der Waals surface area contributed by atoms with Crippen molar-refractivity contribution in [3.05, 3.63) is 62.1 Å². The van der Waals surface area contributed by atoms with E-state index in [2.05, 4.69) is 27.6 Å². The molecule has 0 saturated carbocycles. The Morgan fingerprint density at radius 2 is 1.85 bits per heavy atom. The number of fused-ring (bicyclic) bond motifs is 1. The van der Waals surface area contributed by atoms with Crippen LogP contribution in [0, 0.1) is 3.57 Å². The van der Waals surface area contributed by atoms with Gasteiger partial charge in [0.1, 0.15) is 0 Å². The van der Waals surface area contributed by atoms with E-state index in [0.29, 0.717) is 16.7 Å². The zero-order chi connectivity index (χ0) is 14.3. The summed E-state index contributed by atoms with van der Waals surface area (Å²) in [7, 11) is 0. The molecule has 6 heteroatoms. The fraction of sp³-hybridized carbons (Fsp3) is 0. The van der Waals surface area contributed by atoms with E-state index in [0.717, 1.165) is 3.57 Å². The monoisotopic (exact) mass is 380 g/mol. The van der Waals surface area contributed by atoms with Crippen LogP contribution in [-0.4, -0.2) is 20.6 Å². The number of aromatic carboxylic acids is 1. The number of carbonyl (C=O) groups is 1. The summed E-state index contributed by atoms with van der Waals surface area (Å²) in [6, 6.07) is 12.1. The van der Waals surface area contributed by atoms with Gasteiger partial charge in [-0.2, -0.15) is 0 Å². The van der Waals surface area contributed by atoms with Crippen LogP contribution in [0.4, 0.5) is 0 Å². The highest BCUT2D eigenvalue weighted by Gasteiger charge is 2.16. The zero-order valence-corrected chi connectivity index (χ0v) is 12.3. The minimum absolute atomic E-state index is 0.0967. The molecule has 20 heavy (non-hydrogen) atoms. The number of carboxylic acid groups (broad SMARTS) is 1. The highest BCUT2D eigenvalue weighted by Crippen LogP contribution is 2.20. The summed E-state index contributed by atoms with van der Waals surface area (Å²) in [6.45, 7) is 0. The number of rotatable bonds is 2. The molecule has 0 spiro atoms. The number of carboxylic acids is 1. The molecule has 3 rings (SSSR count). The molecule has 0 unspecified atom stereocenters. The standard InChI is InChI=1S/C14H9IN2O3/c15-8-4-6-9(7-5-8)17-12-10(13(18)19)2-1-3-11(12)16-14(17)20/h1-7H,(H,16,20)(H,18,19). The number of nitrogens with zero attached hydrogens (tertiary/aromatic N) is 1. The minimum Gasteiger partial charge on any atom is -0.478 e. The van der Waals surface area contributed by atoms with Gasteiger partial charge in [0, 0.05) is 3.57 Å². The van der Waals surface area contributed by atoms with Gasteiger partial charge in [-0.15, -0.1) is 0 Å². The van der Waals surface area contributed by atoms with Gasteiger partial charge >= 0.3 is 11.7 Å². The van der Waals surface area contributed by atoms with Crippen molar-refractivity contribution >= 4 is 39.6 Å². The van der Waals surface area contributed by atoms with E-state index in [1.165, 1.54) is 10.6 Å². The first-order valence-corrected chi connectivity index (χ1v) is 6.89. The summed E-state index contributed by atoms with van der Waals surface area (Å²) < 4.78 is 2.42. The summed E-state index contributed by atoms with van der Waals surface area (Å²) in [5.74, 6) is -1.06. The molecule has 1 heterocycles. The molecule has 0 aliphatic rings. The number of hydrogen-bond acceptors (Lipinski definition) is 2. The lowest BCUT2D eigenvalue weighted by Gasteiger charge is -2.05. The van der Waals surface area contributed by atoms with Crippen LogP contribution >= 0.6 is 22.6 Å². The van der Waals surface area contributed by atoms with Gasteiger partial charge in [-0.25, -0.2) is 9.59 Å². The topological polar surface area (TPSA) is 75.1 Å². The first-order chi connectivity index (χ1) is 9.58. The van der Waals surface area contributed by atoms with E-state index < -0.39 is 5.97 Å². The molecule has 0 atom stereocenters. The number of hydrogen-bond donors (Lipinski definition) is 2. The van der Waals surface area contributed by atoms with Gasteiger partial charge in [0.25, 0.3) is 0 Å². The van der Waals surface area contributed by atoms with E-state index in [9.17, 15) is 14.7 Å². The maximum Gasteiger partial charge on any atom is 0.337 e. The molecule has 0 radical (unpaired) electrons. The second-order valence-electron chi connectivity index (χ2n) is 4.25. The van der Waals surface area contributed by atoms with Crippen LogP contribution in [-0.2, 0) is 0 Å². The maximum absolute atomic E-state index is 12.1. The van der Waals surface area contributed by atoms with Gasteiger partial charge in [-0.05, 0) is 59.0 Å². The number of halogens is 1. The Morgan fingerprint density at radius 3 is 2.50 bits per heavy atom. The van der Waals surface area contributed by atoms with E-state index in [4.69, 9.17) is 0 Å². The first kappa shape index (κ1) is 12.9. The molecule has 3 aromatic rings. The van der Waals surface area contributed by atoms with E-state index >= 15 is 0 Å². The number of para-hydroxylation sites is 1. The van der Waals surface area contributed by atoms with Crippen LogP contribution in [0.3, 0.4) is 0 Å². The molecule has 100 valence electrons. The number of aromatic nitrogens is 2. The molecule has 0 bridgehead atoms. The summed E-state index contributed by atoms with van der Waals surface area (Å²) in [5.41, 5.74) is 1.27. The number of nitrogens with one attached hydrogen (secondary N) is 1. The quantitative estimate of drug-likeness (QED) is 0.672. The SMILES string of the molecule is O=C(O)c1cccc2[nH]c(=O)n(-c3ccc(I)cc3)c12. The predicted octanol–water partition coefficient (Wildman–Crippen LogP) is 2.62. The molecule has 1 aromatic heterocycles. The van der Waals surface area contributed by atoms with Crippen molar-refractivity contribution in [2.24, 2.45) is 0 Å². The average molecular weight is 380 g/mol. The van der Waals surface area contributed by atoms with E-state index in [-0.39, 0.29) is 11.3 Å². The number of H-pyrrole nitrogens is 1. The van der Waals surface area contributed by atoms with Crippen molar-refractivity contribution in [1.82, 2.24) is 9.55 Å². The summed E-state index contributed by atoms with van der Waals surface area (Å²) in [4.78, 5) is 26.1. The summed E-state index contributed by atoms with van der Waals surface area (Å²) in [6.07, 6.45) is 0. The Balaban J connectivity index is 2.40. The number of benzene rings is 2. The first-order valence-electron chi connectivity index (χ1n) is 5.81. The molecule has 2 N–H and O–H groups in total. The maximum atomic E-state index is 12.1. The summed E-state index contributed by atoms with van der Waals surface area (Å²) >= 11 is 2.17. The Hall–Kier alpha value is -2.09. The third-order valence-corrected chi connectivity index (χ3v) is 3.74. The van der Waals surface area contributed by atoms with Crippen molar-refractivity contribution < 1.29 is 9.90 Å². The van der Waals surface area contributed by atoms with Crippen LogP contribution in [0.15, 0.2) is 47.3 Å².